The molecule has 0 unspecified atom stereocenters. The van der Waals surface area contributed by atoms with Crippen LogP contribution in [-0.4, -0.2) is 34.5 Å². The number of hydrogen-bond donors (Lipinski definition) is 2. The Hall–Kier alpha value is -3.41. The molecule has 0 radical (unpaired) electrons. The van der Waals surface area contributed by atoms with Crippen LogP contribution in [0.1, 0.15) is 52.5 Å². The topological polar surface area (TPSA) is 101 Å². The molecule has 0 aromatic heterocycles. The van der Waals surface area contributed by atoms with Crippen molar-refractivity contribution in [2.75, 3.05) is 6.61 Å². The molecule has 0 spiro atoms. The van der Waals surface area contributed by atoms with Gasteiger partial charge in [-0.15, -0.1) is 0 Å². The highest BCUT2D eigenvalue weighted by molar-refractivity contribution is 6.10. The Bertz CT molecular complexity index is 863. The van der Waals surface area contributed by atoms with Crippen LogP contribution in [0.25, 0.3) is 6.08 Å². The summed E-state index contributed by atoms with van der Waals surface area (Å²) in [4.78, 5) is 33.9. The second kappa shape index (κ2) is 10.1. The van der Waals surface area contributed by atoms with Gasteiger partial charge in [0.25, 0.3) is 0 Å². The normalized spacial score (nSPS) is 11.1. The molecule has 6 nitrogen and oxygen atoms in total. The second-order valence-electron chi connectivity index (χ2n) is 6.31. The molecule has 0 atom stereocenters. The first-order valence-corrected chi connectivity index (χ1v) is 8.88. The summed E-state index contributed by atoms with van der Waals surface area (Å²) < 4.78 is 5.54. The molecule has 28 heavy (non-hydrogen) atoms. The van der Waals surface area contributed by atoms with Gasteiger partial charge in [-0.05, 0) is 73.4 Å². The molecular weight excluding hydrogens is 360 g/mol. The summed E-state index contributed by atoms with van der Waals surface area (Å²) in [6.45, 7) is 2.13. The minimum absolute atomic E-state index is 0.126. The molecule has 2 aromatic carbocycles. The molecular formula is C22H22O6. The molecule has 146 valence electrons. The zero-order valence-corrected chi connectivity index (χ0v) is 15.6. The fourth-order valence-corrected chi connectivity index (χ4v) is 2.54. The zero-order chi connectivity index (χ0) is 20.5. The summed E-state index contributed by atoms with van der Waals surface area (Å²) in [6, 6.07) is 13.1. The van der Waals surface area contributed by atoms with Gasteiger partial charge in [-0.25, -0.2) is 4.79 Å². The van der Waals surface area contributed by atoms with Crippen LogP contribution >= 0.6 is 0 Å². The van der Waals surface area contributed by atoms with Gasteiger partial charge in [-0.1, -0.05) is 12.1 Å². The van der Waals surface area contributed by atoms with Crippen molar-refractivity contribution in [3.05, 3.63) is 70.8 Å². The van der Waals surface area contributed by atoms with Gasteiger partial charge in [0, 0.05) is 12.0 Å². The molecule has 2 N–H and O–H groups in total. The number of hydrogen-bond acceptors (Lipinski definition) is 4. The number of carbonyl (C=O) groups is 3. The monoisotopic (exact) mass is 382 g/mol. The molecule has 0 aliphatic rings. The molecule has 0 bridgehead atoms. The zero-order valence-electron chi connectivity index (χ0n) is 15.6. The van der Waals surface area contributed by atoms with Crippen LogP contribution in [0, 0.1) is 0 Å². The van der Waals surface area contributed by atoms with E-state index < -0.39 is 11.9 Å². The lowest BCUT2D eigenvalue weighted by Gasteiger charge is -2.07. The van der Waals surface area contributed by atoms with E-state index in [0.717, 1.165) is 5.56 Å². The van der Waals surface area contributed by atoms with E-state index in [1.165, 1.54) is 12.1 Å². The van der Waals surface area contributed by atoms with Crippen LogP contribution < -0.4 is 4.74 Å². The maximum absolute atomic E-state index is 12.5. The quantitative estimate of drug-likeness (QED) is 0.361. The lowest BCUT2D eigenvalue weighted by atomic mass is 10.0. The molecule has 0 heterocycles. The predicted molar refractivity (Wildman–Crippen MR) is 105 cm³/mol. The second-order valence-corrected chi connectivity index (χ2v) is 6.31. The third-order valence-corrected chi connectivity index (χ3v) is 4.07. The number of ether oxygens (including phenoxy) is 1. The first-order chi connectivity index (χ1) is 13.4. The fourth-order valence-electron chi connectivity index (χ4n) is 2.54. The largest absolute Gasteiger partial charge is 0.494 e. The van der Waals surface area contributed by atoms with Crippen molar-refractivity contribution in [2.24, 2.45) is 0 Å². The van der Waals surface area contributed by atoms with Crippen molar-refractivity contribution >= 4 is 23.8 Å². The number of unbranched alkanes of at least 4 members (excludes halogenated alkanes) is 1. The Labute approximate surface area is 163 Å². The number of rotatable bonds is 10. The molecule has 0 aliphatic heterocycles. The highest BCUT2D eigenvalue weighted by Gasteiger charge is 2.09. The third-order valence-electron chi connectivity index (χ3n) is 4.07. The molecule has 6 heteroatoms. The van der Waals surface area contributed by atoms with Crippen molar-refractivity contribution in [1.29, 1.82) is 0 Å². The first kappa shape index (κ1) is 20.9. The van der Waals surface area contributed by atoms with Gasteiger partial charge in [0.05, 0.1) is 12.2 Å². The Kier molecular flexibility index (Phi) is 7.51. The molecule has 0 saturated heterocycles. The van der Waals surface area contributed by atoms with Gasteiger partial charge in [0.15, 0.2) is 5.78 Å². The first-order valence-electron chi connectivity index (χ1n) is 8.88. The van der Waals surface area contributed by atoms with E-state index in [0.29, 0.717) is 36.3 Å². The average Bonchev–Trinajstić information content (AvgIpc) is 2.67. The lowest BCUT2D eigenvalue weighted by molar-refractivity contribution is -0.137. The van der Waals surface area contributed by atoms with E-state index >= 15 is 0 Å². The maximum Gasteiger partial charge on any atom is 0.335 e. The summed E-state index contributed by atoms with van der Waals surface area (Å²) in [7, 11) is 0. The van der Waals surface area contributed by atoms with Gasteiger partial charge in [-0.2, -0.15) is 0 Å². The van der Waals surface area contributed by atoms with E-state index in [2.05, 4.69) is 0 Å². The maximum atomic E-state index is 12.5. The Balaban J connectivity index is 1.93. The molecule has 0 fully saturated rings. The minimum atomic E-state index is -0.993. The van der Waals surface area contributed by atoms with E-state index in [9.17, 15) is 14.4 Å². The Morgan fingerprint density at radius 2 is 1.50 bits per heavy atom. The van der Waals surface area contributed by atoms with Crippen LogP contribution in [0.3, 0.4) is 0 Å². The van der Waals surface area contributed by atoms with Crippen molar-refractivity contribution in [2.45, 2.75) is 26.2 Å². The van der Waals surface area contributed by atoms with Crippen molar-refractivity contribution in [3.63, 3.8) is 0 Å². The third kappa shape index (κ3) is 6.39. The molecule has 2 aromatic rings. The van der Waals surface area contributed by atoms with Crippen LogP contribution in [-0.2, 0) is 4.79 Å². The van der Waals surface area contributed by atoms with Crippen molar-refractivity contribution in [1.82, 2.24) is 0 Å². The summed E-state index contributed by atoms with van der Waals surface area (Å²) in [5.74, 6) is -1.32. The van der Waals surface area contributed by atoms with E-state index in [-0.39, 0.29) is 17.8 Å². The van der Waals surface area contributed by atoms with Gasteiger partial charge in [-0.3, -0.25) is 9.59 Å². The molecule has 0 amide bonds. The van der Waals surface area contributed by atoms with Crippen LogP contribution in [0.15, 0.2) is 54.1 Å². The number of aromatic carboxylic acids is 1. The van der Waals surface area contributed by atoms with Gasteiger partial charge < -0.3 is 14.9 Å². The number of allylic oxidation sites excluding steroid dienone is 1. The lowest BCUT2D eigenvalue weighted by Crippen LogP contribution is -2.02. The summed E-state index contributed by atoms with van der Waals surface area (Å²) in [5.41, 5.74) is 2.00. The molecule has 0 aliphatic carbocycles. The van der Waals surface area contributed by atoms with Crippen LogP contribution in [0.2, 0.25) is 0 Å². The van der Waals surface area contributed by atoms with E-state index in [1.54, 1.807) is 49.4 Å². The van der Waals surface area contributed by atoms with E-state index in [1.807, 2.05) is 0 Å². The summed E-state index contributed by atoms with van der Waals surface area (Å²) >= 11 is 0. The number of Topliss-reactive ketones (excluding diaryl/α,β-unsaturated/α-hetero) is 1. The average molecular weight is 382 g/mol. The number of carbonyl (C=O) groups excluding carboxylic acids is 1. The van der Waals surface area contributed by atoms with Gasteiger partial charge >= 0.3 is 11.9 Å². The number of benzene rings is 2. The highest BCUT2D eigenvalue weighted by Crippen LogP contribution is 2.17. The summed E-state index contributed by atoms with van der Waals surface area (Å²) in [5, 5.41) is 17.5. The van der Waals surface area contributed by atoms with Gasteiger partial charge in [0.2, 0.25) is 0 Å². The highest BCUT2D eigenvalue weighted by atomic mass is 16.5. The number of carboxylic acids is 2. The molecule has 0 saturated carbocycles. The standard InChI is InChI=1S/C22H22O6/c1-15(14-16-5-7-18(8-6-16)22(26)27)21(25)17-9-11-19(12-10-17)28-13-3-2-4-20(23)24/h5-12,14H,2-4,13H2,1H3,(H,23,24)(H,26,27)/b15-14-. The number of ketones is 1. The van der Waals surface area contributed by atoms with E-state index in [4.69, 9.17) is 14.9 Å². The van der Waals surface area contributed by atoms with Crippen LogP contribution in [0.4, 0.5) is 0 Å². The Morgan fingerprint density at radius 1 is 0.893 bits per heavy atom. The molecule has 2 rings (SSSR count). The number of carboxylic acid groups (broad SMARTS) is 2. The SMILES string of the molecule is C/C(=C/c1ccc(C(=O)O)cc1)C(=O)c1ccc(OCCCCC(=O)O)cc1. The van der Waals surface area contributed by atoms with Gasteiger partial charge in [0.1, 0.15) is 5.75 Å². The summed E-state index contributed by atoms with van der Waals surface area (Å²) in [6.07, 6.45) is 3.04. The smallest absolute Gasteiger partial charge is 0.335 e. The minimum Gasteiger partial charge on any atom is -0.494 e. The fraction of sp³-hybridized carbons (Fsp3) is 0.227. The van der Waals surface area contributed by atoms with Crippen molar-refractivity contribution in [3.8, 4) is 5.75 Å². The van der Waals surface area contributed by atoms with Crippen LogP contribution in [0.5, 0.6) is 5.75 Å². The predicted octanol–water partition coefficient (Wildman–Crippen LogP) is 4.30. The number of aliphatic carboxylic acids is 1. The Morgan fingerprint density at radius 3 is 2.07 bits per heavy atom. The van der Waals surface area contributed by atoms with Crippen molar-refractivity contribution < 1.29 is 29.3 Å².